The molecule has 0 bridgehead atoms. The van der Waals surface area contributed by atoms with Crippen LogP contribution in [0.1, 0.15) is 16.7 Å². The van der Waals surface area contributed by atoms with Crippen molar-refractivity contribution in [2.45, 2.75) is 25.3 Å². The number of hydrogen-bond acceptors (Lipinski definition) is 5. The third-order valence-corrected chi connectivity index (χ3v) is 6.29. The van der Waals surface area contributed by atoms with Crippen LogP contribution in [0.5, 0.6) is 0 Å². The number of nitrogens with zero attached hydrogens (tertiary/aromatic N) is 3. The van der Waals surface area contributed by atoms with Gasteiger partial charge >= 0.3 is 0 Å². The summed E-state index contributed by atoms with van der Waals surface area (Å²) in [6, 6.07) is 10.1. The third kappa shape index (κ3) is 4.03. The zero-order chi connectivity index (χ0) is 19.6. The number of aryl methyl sites for hydroxylation is 1. The maximum Gasteiger partial charge on any atom is 0.271 e. The van der Waals surface area contributed by atoms with Gasteiger partial charge in [-0.25, -0.2) is 8.42 Å². The van der Waals surface area contributed by atoms with Crippen molar-refractivity contribution in [3.63, 3.8) is 0 Å². The van der Waals surface area contributed by atoms with Crippen LogP contribution in [0.15, 0.2) is 41.3 Å². The summed E-state index contributed by atoms with van der Waals surface area (Å²) >= 11 is 0. The minimum absolute atomic E-state index is 0.0309. The average molecular weight is 377 g/mol. The van der Waals surface area contributed by atoms with Crippen LogP contribution in [0, 0.1) is 24.0 Å². The van der Waals surface area contributed by atoms with Crippen LogP contribution in [0.25, 0.3) is 0 Å². The molecule has 0 radical (unpaired) electrons. The van der Waals surface area contributed by atoms with Crippen molar-refractivity contribution < 1.29 is 13.3 Å². The van der Waals surface area contributed by atoms with Gasteiger partial charge in [-0.05, 0) is 42.7 Å². The van der Waals surface area contributed by atoms with E-state index in [1.54, 1.807) is 13.8 Å². The number of sulfonamides is 1. The molecule has 0 amide bonds. The van der Waals surface area contributed by atoms with Crippen molar-refractivity contribution in [2.24, 2.45) is 0 Å². The van der Waals surface area contributed by atoms with Crippen LogP contribution >= 0.6 is 0 Å². The monoisotopic (exact) mass is 377 g/mol. The molecule has 0 saturated heterocycles. The van der Waals surface area contributed by atoms with Crippen molar-refractivity contribution in [3.8, 4) is 0 Å². The number of non-ortho nitro benzene ring substituents is 1. The highest BCUT2D eigenvalue weighted by Crippen LogP contribution is 2.28. The summed E-state index contributed by atoms with van der Waals surface area (Å²) < 4.78 is 27.1. The average Bonchev–Trinajstić information content (AvgIpc) is 2.57. The molecule has 7 nitrogen and oxygen atoms in total. The quantitative estimate of drug-likeness (QED) is 0.570. The van der Waals surface area contributed by atoms with Gasteiger partial charge in [0, 0.05) is 45.5 Å². The van der Waals surface area contributed by atoms with Gasteiger partial charge in [0.25, 0.3) is 5.69 Å². The van der Waals surface area contributed by atoms with E-state index in [9.17, 15) is 18.5 Å². The van der Waals surface area contributed by atoms with Gasteiger partial charge in [-0.1, -0.05) is 12.1 Å². The second-order valence-electron chi connectivity index (χ2n) is 6.46. The van der Waals surface area contributed by atoms with E-state index < -0.39 is 14.9 Å². The number of nitro benzene ring substituents is 1. The molecule has 0 spiro atoms. The van der Waals surface area contributed by atoms with Gasteiger partial charge in [-0.15, -0.1) is 0 Å². The standard InChI is InChI=1S/C18H23N3O4S/c1-13-10-17(21(22)23)11-18(14(13)2)26(24,25)20(5)12-15-6-8-16(9-7-15)19(3)4/h6-11H,12H2,1-5H3. The van der Waals surface area contributed by atoms with Crippen LogP contribution < -0.4 is 4.90 Å². The second-order valence-corrected chi connectivity index (χ2v) is 8.48. The molecular weight excluding hydrogens is 354 g/mol. The Morgan fingerprint density at radius 3 is 2.12 bits per heavy atom. The van der Waals surface area contributed by atoms with Crippen molar-refractivity contribution >= 4 is 21.4 Å². The molecule has 0 saturated carbocycles. The first-order chi connectivity index (χ1) is 12.0. The number of benzene rings is 2. The Hall–Kier alpha value is -2.45. The smallest absolute Gasteiger partial charge is 0.271 e. The van der Waals surface area contributed by atoms with Crippen molar-refractivity contribution in [1.82, 2.24) is 4.31 Å². The van der Waals surface area contributed by atoms with Gasteiger partial charge < -0.3 is 4.90 Å². The van der Waals surface area contributed by atoms with E-state index in [1.807, 2.05) is 43.3 Å². The summed E-state index contributed by atoms with van der Waals surface area (Å²) in [4.78, 5) is 12.4. The first-order valence-corrected chi connectivity index (χ1v) is 9.46. The molecule has 2 aromatic carbocycles. The zero-order valence-electron chi connectivity index (χ0n) is 15.6. The molecule has 0 aliphatic rings. The first kappa shape index (κ1) is 19.9. The summed E-state index contributed by atoms with van der Waals surface area (Å²) in [5.41, 5.74) is 2.72. The fourth-order valence-electron chi connectivity index (χ4n) is 2.59. The molecule has 26 heavy (non-hydrogen) atoms. The zero-order valence-corrected chi connectivity index (χ0v) is 16.4. The molecule has 0 N–H and O–H groups in total. The Morgan fingerprint density at radius 2 is 1.62 bits per heavy atom. The Morgan fingerprint density at radius 1 is 1.04 bits per heavy atom. The Labute approximate surface area is 154 Å². The molecule has 0 aromatic heterocycles. The van der Waals surface area contributed by atoms with Crippen molar-refractivity contribution in [3.05, 3.63) is 63.2 Å². The van der Waals surface area contributed by atoms with Gasteiger partial charge in [0.1, 0.15) is 0 Å². The number of rotatable bonds is 6. The lowest BCUT2D eigenvalue weighted by Gasteiger charge is -2.20. The van der Waals surface area contributed by atoms with Gasteiger partial charge in [-0.3, -0.25) is 10.1 Å². The summed E-state index contributed by atoms with van der Waals surface area (Å²) in [6.07, 6.45) is 0. The largest absolute Gasteiger partial charge is 0.378 e. The Bertz CT molecular complexity index is 922. The first-order valence-electron chi connectivity index (χ1n) is 8.02. The van der Waals surface area contributed by atoms with Crippen LogP contribution in [0.2, 0.25) is 0 Å². The van der Waals surface area contributed by atoms with E-state index in [-0.39, 0.29) is 17.1 Å². The van der Waals surface area contributed by atoms with E-state index in [4.69, 9.17) is 0 Å². The van der Waals surface area contributed by atoms with Crippen LogP contribution in [0.3, 0.4) is 0 Å². The molecule has 2 aromatic rings. The number of anilines is 1. The molecule has 0 aliphatic heterocycles. The van der Waals surface area contributed by atoms with Crippen LogP contribution in [-0.2, 0) is 16.6 Å². The molecule has 8 heteroatoms. The number of nitro groups is 1. The van der Waals surface area contributed by atoms with Crippen LogP contribution in [0.4, 0.5) is 11.4 Å². The maximum atomic E-state index is 13.0. The van der Waals surface area contributed by atoms with Crippen molar-refractivity contribution in [2.75, 3.05) is 26.0 Å². The third-order valence-electron chi connectivity index (χ3n) is 4.36. The highest BCUT2D eigenvalue weighted by atomic mass is 32.2. The molecule has 0 atom stereocenters. The summed E-state index contributed by atoms with van der Waals surface area (Å²) in [7, 11) is 1.48. The molecule has 0 aliphatic carbocycles. The minimum Gasteiger partial charge on any atom is -0.378 e. The van der Waals surface area contributed by atoms with E-state index in [2.05, 4.69) is 0 Å². The molecule has 0 unspecified atom stereocenters. The highest BCUT2D eigenvalue weighted by Gasteiger charge is 2.26. The molecule has 0 heterocycles. The Kier molecular flexibility index (Phi) is 5.68. The van der Waals surface area contributed by atoms with Gasteiger partial charge in [-0.2, -0.15) is 4.31 Å². The molecular formula is C18H23N3O4S. The highest BCUT2D eigenvalue weighted by molar-refractivity contribution is 7.89. The molecule has 2 rings (SSSR count). The molecule has 140 valence electrons. The fraction of sp³-hybridized carbons (Fsp3) is 0.333. The van der Waals surface area contributed by atoms with E-state index in [0.29, 0.717) is 11.1 Å². The fourth-order valence-corrected chi connectivity index (χ4v) is 4.06. The molecule has 0 fully saturated rings. The summed E-state index contributed by atoms with van der Waals surface area (Å²) in [5, 5.41) is 11.1. The second kappa shape index (κ2) is 7.43. The lowest BCUT2D eigenvalue weighted by atomic mass is 10.1. The van der Waals surface area contributed by atoms with Crippen LogP contribution in [-0.4, -0.2) is 38.8 Å². The van der Waals surface area contributed by atoms with Crippen molar-refractivity contribution in [1.29, 1.82) is 0 Å². The number of hydrogen-bond donors (Lipinski definition) is 0. The predicted octanol–water partition coefficient (Wildman–Crippen LogP) is 3.10. The maximum absolute atomic E-state index is 13.0. The Balaban J connectivity index is 2.36. The topological polar surface area (TPSA) is 83.8 Å². The predicted molar refractivity (Wildman–Crippen MR) is 102 cm³/mol. The van der Waals surface area contributed by atoms with E-state index >= 15 is 0 Å². The summed E-state index contributed by atoms with van der Waals surface area (Å²) in [5.74, 6) is 0. The van der Waals surface area contributed by atoms with E-state index in [0.717, 1.165) is 17.3 Å². The van der Waals surface area contributed by atoms with E-state index in [1.165, 1.54) is 17.4 Å². The minimum atomic E-state index is -3.85. The van der Waals surface area contributed by atoms with Gasteiger partial charge in [0.15, 0.2) is 0 Å². The van der Waals surface area contributed by atoms with Gasteiger partial charge in [0.2, 0.25) is 10.0 Å². The van der Waals surface area contributed by atoms with Gasteiger partial charge in [0.05, 0.1) is 9.82 Å². The lowest BCUT2D eigenvalue weighted by Crippen LogP contribution is -2.27. The lowest BCUT2D eigenvalue weighted by molar-refractivity contribution is -0.385. The normalized spacial score (nSPS) is 11.6. The SMILES string of the molecule is Cc1cc([N+](=O)[O-])cc(S(=O)(=O)N(C)Cc2ccc(N(C)C)cc2)c1C. The summed E-state index contributed by atoms with van der Waals surface area (Å²) in [6.45, 7) is 3.50.